The molecule has 1 aliphatic rings. The predicted molar refractivity (Wildman–Crippen MR) is 196 cm³/mol. The Morgan fingerprint density at radius 3 is 0.936 bits per heavy atom. The van der Waals surface area contributed by atoms with Gasteiger partial charge in [0, 0.05) is 0 Å². The molecule has 1 unspecified atom stereocenters. The van der Waals surface area contributed by atoms with Crippen LogP contribution in [0.4, 0.5) is 4.79 Å². The van der Waals surface area contributed by atoms with Gasteiger partial charge in [0.05, 0.1) is 0 Å². The van der Waals surface area contributed by atoms with Crippen LogP contribution in [0.15, 0.2) is 182 Å². The average molecular weight is 645 g/mol. The summed E-state index contributed by atoms with van der Waals surface area (Å²) in [4.78, 5) is 31.3. The van der Waals surface area contributed by atoms with Gasteiger partial charge >= 0.3 is 6.03 Å². The Morgan fingerprint density at radius 1 is 0.426 bits per heavy atom. The molecule has 6 heteroatoms. The number of amides is 3. The van der Waals surface area contributed by atoms with Crippen LogP contribution >= 0.6 is 0 Å². The van der Waals surface area contributed by atoms with E-state index in [1.807, 2.05) is 121 Å². The highest BCUT2D eigenvalue weighted by atomic mass is 28.3. The predicted octanol–water partition coefficient (Wildman–Crippen LogP) is 4.36. The maximum absolute atomic E-state index is 15.9. The van der Waals surface area contributed by atoms with Gasteiger partial charge in [-0.05, 0) is 37.5 Å². The number of carbonyl (C=O) groups excluding carboxylic acids is 2. The number of urea groups is 1. The minimum atomic E-state index is -3.48. The van der Waals surface area contributed by atoms with Gasteiger partial charge in [0.2, 0.25) is 5.91 Å². The van der Waals surface area contributed by atoms with E-state index in [0.29, 0.717) is 6.42 Å². The van der Waals surface area contributed by atoms with Gasteiger partial charge in [0.25, 0.3) is 16.5 Å². The van der Waals surface area contributed by atoms with Gasteiger partial charge in [-0.2, -0.15) is 0 Å². The maximum atomic E-state index is 15.9. The molecule has 0 aliphatic carbocycles. The zero-order chi connectivity index (χ0) is 32.3. The summed E-state index contributed by atoms with van der Waals surface area (Å²) in [5, 5.41) is 6.15. The molecule has 0 spiro atoms. The van der Waals surface area contributed by atoms with Crippen molar-refractivity contribution in [1.29, 1.82) is 0 Å². The van der Waals surface area contributed by atoms with E-state index in [2.05, 4.69) is 72.8 Å². The molecular weight excluding hydrogens is 609 g/mol. The molecule has 6 aromatic rings. The molecule has 0 aromatic heterocycles. The van der Waals surface area contributed by atoms with E-state index in [1.54, 1.807) is 4.57 Å². The lowest BCUT2D eigenvalue weighted by Gasteiger charge is -2.44. The van der Waals surface area contributed by atoms with Gasteiger partial charge < -0.3 is 4.57 Å². The smallest absolute Gasteiger partial charge is 0.312 e. The van der Waals surface area contributed by atoms with Gasteiger partial charge in [-0.15, -0.1) is 0 Å². The molecule has 1 fully saturated rings. The molecule has 0 saturated carbocycles. The largest absolute Gasteiger partial charge is 0.328 e. The second-order valence-corrected chi connectivity index (χ2v) is 19.1. The molecule has 3 amide bonds. The fraction of sp³-hybridized carbons (Fsp3) is 0.0732. The SMILES string of the molecule is CCC1C(=O)N([Si](c2ccccc2)(c2ccccc2)c2ccccc2)C(=O)N1[Si](c1ccccc1)(c1ccccc1)c1ccccc1. The van der Waals surface area contributed by atoms with Crippen LogP contribution in [-0.4, -0.2) is 43.6 Å². The van der Waals surface area contributed by atoms with Crippen molar-refractivity contribution < 1.29 is 9.59 Å². The highest BCUT2D eigenvalue weighted by Gasteiger charge is 2.63. The van der Waals surface area contributed by atoms with Crippen molar-refractivity contribution in [3.8, 4) is 0 Å². The van der Waals surface area contributed by atoms with Gasteiger partial charge in [0.15, 0.2) is 0 Å². The maximum Gasteiger partial charge on any atom is 0.312 e. The molecule has 1 atom stereocenters. The fourth-order valence-corrected chi connectivity index (χ4v) is 17.3. The summed E-state index contributed by atoms with van der Waals surface area (Å²) in [5.41, 5.74) is 0. The van der Waals surface area contributed by atoms with Crippen LogP contribution in [0.3, 0.4) is 0 Å². The van der Waals surface area contributed by atoms with Crippen molar-refractivity contribution in [2.45, 2.75) is 19.4 Å². The van der Waals surface area contributed by atoms with Crippen LogP contribution in [0.5, 0.6) is 0 Å². The molecule has 0 radical (unpaired) electrons. The molecule has 1 aliphatic heterocycles. The summed E-state index contributed by atoms with van der Waals surface area (Å²) in [7, 11) is -6.84. The Kier molecular flexibility index (Phi) is 8.29. The van der Waals surface area contributed by atoms with Crippen molar-refractivity contribution >= 4 is 59.5 Å². The molecule has 6 aromatic carbocycles. The summed E-state index contributed by atoms with van der Waals surface area (Å²) in [6.45, 7) is 2.03. The molecule has 1 saturated heterocycles. The van der Waals surface area contributed by atoms with Crippen LogP contribution in [0.1, 0.15) is 13.3 Å². The Morgan fingerprint density at radius 2 is 0.681 bits per heavy atom. The first-order valence-corrected chi connectivity index (χ1v) is 20.0. The van der Waals surface area contributed by atoms with Crippen LogP contribution in [0.2, 0.25) is 0 Å². The number of hydrogen-bond donors (Lipinski definition) is 0. The van der Waals surface area contributed by atoms with Crippen LogP contribution in [-0.2, 0) is 4.79 Å². The lowest BCUT2D eigenvalue weighted by Crippen LogP contribution is -2.81. The molecular formula is C41H36N2O2Si2. The van der Waals surface area contributed by atoms with Crippen LogP contribution < -0.4 is 31.1 Å². The van der Waals surface area contributed by atoms with E-state index >= 15 is 9.59 Å². The quantitative estimate of drug-likeness (QED) is 0.133. The van der Waals surface area contributed by atoms with E-state index in [-0.39, 0.29) is 11.9 Å². The number of rotatable bonds is 9. The van der Waals surface area contributed by atoms with Crippen molar-refractivity contribution in [3.05, 3.63) is 182 Å². The summed E-state index contributed by atoms with van der Waals surface area (Å²) in [5.74, 6) is -0.139. The highest BCUT2D eigenvalue weighted by molar-refractivity contribution is 7.14. The molecule has 7 rings (SSSR count). The van der Waals surface area contributed by atoms with Crippen LogP contribution in [0.25, 0.3) is 0 Å². The number of imide groups is 1. The lowest BCUT2D eigenvalue weighted by molar-refractivity contribution is -0.125. The summed E-state index contributed by atoms with van der Waals surface area (Å²) in [6.07, 6.45) is 0.491. The number of nitrogens with zero attached hydrogens (tertiary/aromatic N) is 2. The Labute approximate surface area is 278 Å². The number of hydrogen-bond acceptors (Lipinski definition) is 2. The Bertz CT molecular complexity index is 1770. The third-order valence-corrected chi connectivity index (χ3v) is 18.8. The van der Waals surface area contributed by atoms with E-state index in [1.165, 1.54) is 0 Å². The third-order valence-electron chi connectivity index (χ3n) is 9.45. The topological polar surface area (TPSA) is 40.6 Å². The minimum Gasteiger partial charge on any atom is -0.328 e. The first-order valence-electron chi connectivity index (χ1n) is 16.2. The first kappa shape index (κ1) is 30.4. The molecule has 0 N–H and O–H groups in total. The third kappa shape index (κ3) is 4.80. The second kappa shape index (κ2) is 12.8. The minimum absolute atomic E-state index is 0.139. The standard InChI is InChI=1S/C41H36N2O2Si2/c1-2-39-40(44)43(47(36-27-15-6-16-28-36,37-29-17-7-18-30-37)38-31-19-8-20-32-38)41(45)42(39)46(33-21-9-3-10-22-33,34-23-11-4-12-24-34)35-25-13-5-14-26-35/h3-32,39H,2H2,1H3. The van der Waals surface area contributed by atoms with Gasteiger partial charge in [0.1, 0.15) is 6.04 Å². The average Bonchev–Trinajstić information content (AvgIpc) is 3.41. The van der Waals surface area contributed by atoms with E-state index in [0.717, 1.165) is 31.1 Å². The van der Waals surface area contributed by atoms with Gasteiger partial charge in [-0.25, -0.2) is 4.79 Å². The number of benzene rings is 6. The Hall–Kier alpha value is -5.31. The van der Waals surface area contributed by atoms with E-state index in [9.17, 15) is 0 Å². The molecule has 230 valence electrons. The van der Waals surface area contributed by atoms with E-state index < -0.39 is 22.5 Å². The summed E-state index contributed by atoms with van der Waals surface area (Å²) >= 11 is 0. The number of carbonyl (C=O) groups is 2. The van der Waals surface area contributed by atoms with E-state index in [4.69, 9.17) is 0 Å². The lowest BCUT2D eigenvalue weighted by atomic mass is 10.2. The summed E-state index contributed by atoms with van der Waals surface area (Å²) < 4.78 is 3.75. The Balaban J connectivity index is 1.59. The first-order chi connectivity index (χ1) is 23.1. The monoisotopic (exact) mass is 644 g/mol. The molecule has 47 heavy (non-hydrogen) atoms. The highest BCUT2D eigenvalue weighted by Crippen LogP contribution is 2.31. The zero-order valence-electron chi connectivity index (χ0n) is 26.3. The zero-order valence-corrected chi connectivity index (χ0v) is 28.3. The van der Waals surface area contributed by atoms with Crippen molar-refractivity contribution in [3.63, 3.8) is 0 Å². The van der Waals surface area contributed by atoms with Crippen molar-refractivity contribution in [2.24, 2.45) is 0 Å². The van der Waals surface area contributed by atoms with Crippen molar-refractivity contribution in [1.82, 2.24) is 9.13 Å². The molecule has 0 bridgehead atoms. The summed E-state index contributed by atoms with van der Waals surface area (Å²) in [6, 6.07) is 60.8. The molecule has 4 nitrogen and oxygen atoms in total. The van der Waals surface area contributed by atoms with Gasteiger partial charge in [-0.3, -0.25) is 9.36 Å². The van der Waals surface area contributed by atoms with Crippen molar-refractivity contribution in [2.75, 3.05) is 0 Å². The normalized spacial score (nSPS) is 15.2. The fourth-order valence-electron chi connectivity index (χ4n) is 7.52. The van der Waals surface area contributed by atoms with Crippen LogP contribution in [0, 0.1) is 0 Å². The van der Waals surface area contributed by atoms with Gasteiger partial charge in [-0.1, -0.05) is 189 Å². The molecule has 1 heterocycles. The second-order valence-electron chi connectivity index (χ2n) is 11.9.